The molecule has 2 aliphatic heterocycles. The van der Waals surface area contributed by atoms with Crippen molar-refractivity contribution in [3.05, 3.63) is 0 Å². The Hall–Kier alpha value is -0.610. The number of hydrogen-bond donors (Lipinski definition) is 2. The summed E-state index contributed by atoms with van der Waals surface area (Å²) in [7, 11) is 1.86. The van der Waals surface area contributed by atoms with Crippen LogP contribution in [0.1, 0.15) is 25.7 Å². The molecule has 74 valence electrons. The van der Waals surface area contributed by atoms with Crippen LogP contribution in [-0.4, -0.2) is 45.8 Å². The summed E-state index contributed by atoms with van der Waals surface area (Å²) >= 11 is 0. The van der Waals surface area contributed by atoms with Crippen LogP contribution in [0.3, 0.4) is 0 Å². The molecule has 0 spiro atoms. The molecule has 2 bridgehead atoms. The van der Waals surface area contributed by atoms with Gasteiger partial charge in [0.15, 0.2) is 0 Å². The Kier molecular flexibility index (Phi) is 1.85. The van der Waals surface area contributed by atoms with Gasteiger partial charge in [-0.25, -0.2) is 0 Å². The molecule has 2 aliphatic rings. The van der Waals surface area contributed by atoms with Crippen LogP contribution < -0.4 is 0 Å². The topological polar surface area (TPSA) is 60.8 Å². The SMILES string of the molecule is CN1[C@H]2CC[C@]1(C(=O)O)C[C@@H](O)C2. The van der Waals surface area contributed by atoms with E-state index in [1.807, 2.05) is 11.9 Å². The van der Waals surface area contributed by atoms with Crippen LogP contribution in [0.5, 0.6) is 0 Å². The van der Waals surface area contributed by atoms with Crippen LogP contribution >= 0.6 is 0 Å². The molecule has 13 heavy (non-hydrogen) atoms. The lowest BCUT2D eigenvalue weighted by Gasteiger charge is -2.41. The number of aliphatic hydroxyl groups is 1. The molecule has 4 heteroatoms. The third kappa shape index (κ3) is 1.09. The minimum absolute atomic E-state index is 0.264. The van der Waals surface area contributed by atoms with Crippen molar-refractivity contribution in [3.63, 3.8) is 0 Å². The zero-order chi connectivity index (χ0) is 9.64. The first-order valence-corrected chi connectivity index (χ1v) is 4.71. The maximum atomic E-state index is 11.1. The van der Waals surface area contributed by atoms with Gasteiger partial charge in [-0.3, -0.25) is 9.69 Å². The second-order valence-electron chi connectivity index (χ2n) is 4.23. The molecular formula is C9H15NO3. The molecule has 0 aromatic carbocycles. The Morgan fingerprint density at radius 1 is 1.62 bits per heavy atom. The number of carbonyl (C=O) groups is 1. The van der Waals surface area contributed by atoms with E-state index in [4.69, 9.17) is 5.11 Å². The first-order chi connectivity index (χ1) is 6.06. The number of nitrogens with zero attached hydrogens (tertiary/aromatic N) is 1. The maximum absolute atomic E-state index is 11.1. The molecule has 3 atom stereocenters. The summed E-state index contributed by atoms with van der Waals surface area (Å²) in [5, 5.41) is 18.7. The van der Waals surface area contributed by atoms with Gasteiger partial charge in [-0.15, -0.1) is 0 Å². The van der Waals surface area contributed by atoms with E-state index in [0.29, 0.717) is 12.8 Å². The summed E-state index contributed by atoms with van der Waals surface area (Å²) < 4.78 is 0. The molecule has 2 N–H and O–H groups in total. The van der Waals surface area contributed by atoms with Crippen molar-refractivity contribution < 1.29 is 15.0 Å². The molecule has 0 unspecified atom stereocenters. The first-order valence-electron chi connectivity index (χ1n) is 4.71. The molecule has 2 rings (SSSR count). The molecule has 0 radical (unpaired) electrons. The number of aliphatic hydroxyl groups excluding tert-OH is 1. The van der Waals surface area contributed by atoms with Gasteiger partial charge in [-0.1, -0.05) is 0 Å². The van der Waals surface area contributed by atoms with Gasteiger partial charge in [0.05, 0.1) is 6.10 Å². The van der Waals surface area contributed by atoms with E-state index in [0.717, 1.165) is 12.8 Å². The molecule has 0 aromatic rings. The van der Waals surface area contributed by atoms with Crippen molar-refractivity contribution in [2.24, 2.45) is 0 Å². The van der Waals surface area contributed by atoms with Gasteiger partial charge < -0.3 is 10.2 Å². The van der Waals surface area contributed by atoms with Crippen molar-refractivity contribution in [1.29, 1.82) is 0 Å². The molecule has 2 fully saturated rings. The number of carboxylic acids is 1. The fraction of sp³-hybridized carbons (Fsp3) is 0.889. The van der Waals surface area contributed by atoms with Gasteiger partial charge in [0.2, 0.25) is 0 Å². The molecule has 4 nitrogen and oxygen atoms in total. The summed E-state index contributed by atoms with van der Waals surface area (Å²) in [6, 6.07) is 0.264. The summed E-state index contributed by atoms with van der Waals surface area (Å²) in [5.74, 6) is -0.781. The monoisotopic (exact) mass is 185 g/mol. The Labute approximate surface area is 77.2 Å². The normalized spacial score (nSPS) is 45.1. The predicted molar refractivity (Wildman–Crippen MR) is 46.4 cm³/mol. The number of fused-ring (bicyclic) bond motifs is 2. The lowest BCUT2D eigenvalue weighted by molar-refractivity contribution is -0.154. The zero-order valence-electron chi connectivity index (χ0n) is 7.73. The third-order valence-corrected chi connectivity index (χ3v) is 3.63. The van der Waals surface area contributed by atoms with Crippen LogP contribution in [0.2, 0.25) is 0 Å². The fourth-order valence-electron chi connectivity index (χ4n) is 2.78. The van der Waals surface area contributed by atoms with Crippen molar-refractivity contribution in [2.75, 3.05) is 7.05 Å². The number of piperidine rings is 1. The maximum Gasteiger partial charge on any atom is 0.324 e. The highest BCUT2D eigenvalue weighted by molar-refractivity contribution is 5.79. The minimum atomic E-state index is -0.781. The number of hydrogen-bond acceptors (Lipinski definition) is 3. The molecular weight excluding hydrogens is 170 g/mol. The van der Waals surface area contributed by atoms with E-state index in [-0.39, 0.29) is 6.04 Å². The fourth-order valence-corrected chi connectivity index (χ4v) is 2.78. The average molecular weight is 185 g/mol. The lowest BCUT2D eigenvalue weighted by atomic mass is 9.87. The predicted octanol–water partition coefficient (Wildman–Crippen LogP) is 0.0587. The molecule has 0 amide bonds. The standard InChI is InChI=1S/C9H15NO3/c1-10-6-2-3-9(10,8(12)13)5-7(11)4-6/h6-7,11H,2-5H2,1H3,(H,12,13)/t6-,7-,9+/m0/s1. The Bertz CT molecular complexity index is 243. The van der Waals surface area contributed by atoms with Crippen LogP contribution in [0.25, 0.3) is 0 Å². The van der Waals surface area contributed by atoms with E-state index in [1.165, 1.54) is 0 Å². The van der Waals surface area contributed by atoms with E-state index < -0.39 is 17.6 Å². The second-order valence-corrected chi connectivity index (χ2v) is 4.23. The Morgan fingerprint density at radius 3 is 2.92 bits per heavy atom. The molecule has 2 heterocycles. The van der Waals surface area contributed by atoms with Crippen LogP contribution in [0.4, 0.5) is 0 Å². The van der Waals surface area contributed by atoms with Crippen LogP contribution in [0.15, 0.2) is 0 Å². The average Bonchev–Trinajstić information content (AvgIpc) is 2.31. The highest BCUT2D eigenvalue weighted by Crippen LogP contribution is 2.43. The third-order valence-electron chi connectivity index (χ3n) is 3.63. The van der Waals surface area contributed by atoms with Gasteiger partial charge in [-0.2, -0.15) is 0 Å². The number of carboxylic acid groups (broad SMARTS) is 1. The molecule has 2 saturated heterocycles. The van der Waals surface area contributed by atoms with E-state index in [9.17, 15) is 9.90 Å². The van der Waals surface area contributed by atoms with Gasteiger partial charge in [-0.05, 0) is 26.3 Å². The van der Waals surface area contributed by atoms with Gasteiger partial charge in [0, 0.05) is 12.5 Å². The molecule has 0 aliphatic carbocycles. The Balaban J connectivity index is 2.30. The summed E-state index contributed by atoms with van der Waals surface area (Å²) in [5.41, 5.74) is -0.775. The number of aliphatic carboxylic acids is 1. The van der Waals surface area contributed by atoms with Crippen LogP contribution in [-0.2, 0) is 4.79 Å². The van der Waals surface area contributed by atoms with E-state index in [2.05, 4.69) is 0 Å². The smallest absolute Gasteiger partial charge is 0.324 e. The van der Waals surface area contributed by atoms with E-state index >= 15 is 0 Å². The largest absolute Gasteiger partial charge is 0.480 e. The van der Waals surface area contributed by atoms with E-state index in [1.54, 1.807) is 0 Å². The highest BCUT2D eigenvalue weighted by atomic mass is 16.4. The van der Waals surface area contributed by atoms with Gasteiger partial charge in [0.1, 0.15) is 5.54 Å². The summed E-state index contributed by atoms with van der Waals surface area (Å²) in [4.78, 5) is 13.1. The highest BCUT2D eigenvalue weighted by Gasteiger charge is 2.54. The number of likely N-dealkylation sites (N-methyl/N-ethyl adjacent to an activating group) is 1. The van der Waals surface area contributed by atoms with Crippen molar-refractivity contribution in [3.8, 4) is 0 Å². The van der Waals surface area contributed by atoms with Crippen molar-refractivity contribution >= 4 is 5.97 Å². The summed E-state index contributed by atoms with van der Waals surface area (Å²) in [6.07, 6.45) is 2.26. The van der Waals surface area contributed by atoms with Crippen molar-refractivity contribution in [1.82, 2.24) is 4.90 Å². The Morgan fingerprint density at radius 2 is 2.31 bits per heavy atom. The van der Waals surface area contributed by atoms with Crippen LogP contribution in [0, 0.1) is 0 Å². The molecule has 0 aromatic heterocycles. The molecule has 0 saturated carbocycles. The minimum Gasteiger partial charge on any atom is -0.480 e. The zero-order valence-corrected chi connectivity index (χ0v) is 7.73. The number of rotatable bonds is 1. The van der Waals surface area contributed by atoms with Gasteiger partial charge >= 0.3 is 5.97 Å². The lowest BCUT2D eigenvalue weighted by Crippen LogP contribution is -2.56. The first kappa shape index (κ1) is 8.97. The second kappa shape index (κ2) is 2.69. The van der Waals surface area contributed by atoms with Crippen molar-refractivity contribution in [2.45, 2.75) is 43.4 Å². The van der Waals surface area contributed by atoms with Gasteiger partial charge in [0.25, 0.3) is 0 Å². The summed E-state index contributed by atoms with van der Waals surface area (Å²) in [6.45, 7) is 0. The quantitative estimate of drug-likeness (QED) is 0.606.